The zero-order valence-corrected chi connectivity index (χ0v) is 13.5. The van der Waals surface area contributed by atoms with Crippen molar-refractivity contribution >= 4 is 18.4 Å². The predicted octanol–water partition coefficient (Wildman–Crippen LogP) is -0.816. The lowest BCUT2D eigenvalue weighted by molar-refractivity contribution is 0.623. The van der Waals surface area contributed by atoms with Crippen LogP contribution in [0.4, 0.5) is 0 Å². The molecule has 24 heavy (non-hydrogen) atoms. The summed E-state index contributed by atoms with van der Waals surface area (Å²) in [6, 6.07) is 3.38. The number of nitrogen functional groups attached to an aromatic ring is 1. The molecular formula is C12H16ClN9O2. The van der Waals surface area contributed by atoms with E-state index in [1.165, 1.54) is 15.6 Å². The van der Waals surface area contributed by atoms with Crippen LogP contribution < -0.4 is 17.1 Å². The highest BCUT2D eigenvalue weighted by molar-refractivity contribution is 5.85. The zero-order valence-electron chi connectivity index (χ0n) is 12.7. The average Bonchev–Trinajstić information content (AvgIpc) is 3.21. The molecule has 0 amide bonds. The summed E-state index contributed by atoms with van der Waals surface area (Å²) in [4.78, 5) is 29.0. The molecule has 3 heterocycles. The molecule has 3 aromatic heterocycles. The van der Waals surface area contributed by atoms with Crippen molar-refractivity contribution in [2.24, 2.45) is 5.73 Å². The van der Waals surface area contributed by atoms with Crippen molar-refractivity contribution in [3.8, 4) is 5.95 Å². The second-order valence-electron chi connectivity index (χ2n) is 4.18. The number of hydrogen-bond acceptors (Lipinski definition) is 6. The molecule has 0 atom stereocenters. The topological polar surface area (TPSA) is 153 Å². The van der Waals surface area contributed by atoms with Crippen LogP contribution in [0.1, 0.15) is 6.92 Å². The van der Waals surface area contributed by atoms with Crippen molar-refractivity contribution in [2.75, 3.05) is 0 Å². The van der Waals surface area contributed by atoms with Crippen LogP contribution in [0.15, 0.2) is 46.5 Å². The molecule has 0 saturated carbocycles. The minimum Gasteiger partial charge on any atom is -0.368 e. The van der Waals surface area contributed by atoms with Gasteiger partial charge in [0.25, 0.3) is 0 Å². The molecule has 3 aromatic rings. The zero-order chi connectivity index (χ0) is 16.8. The minimum absolute atomic E-state index is 0. The Balaban J connectivity index is 0.000000273. The molecular weight excluding hydrogens is 338 g/mol. The van der Waals surface area contributed by atoms with Crippen molar-refractivity contribution in [1.29, 1.82) is 5.41 Å². The van der Waals surface area contributed by atoms with E-state index in [9.17, 15) is 9.59 Å². The van der Waals surface area contributed by atoms with E-state index >= 15 is 0 Å². The van der Waals surface area contributed by atoms with Gasteiger partial charge in [0.05, 0.1) is 0 Å². The van der Waals surface area contributed by atoms with Crippen LogP contribution in [-0.4, -0.2) is 40.1 Å². The van der Waals surface area contributed by atoms with Crippen molar-refractivity contribution < 1.29 is 0 Å². The summed E-state index contributed by atoms with van der Waals surface area (Å²) < 4.78 is 3.61. The van der Waals surface area contributed by atoms with Gasteiger partial charge in [-0.15, -0.1) is 12.4 Å². The number of halogens is 1. The summed E-state index contributed by atoms with van der Waals surface area (Å²) >= 11 is 0. The van der Waals surface area contributed by atoms with Crippen molar-refractivity contribution in [3.63, 3.8) is 0 Å². The lowest BCUT2D eigenvalue weighted by atomic mass is 10.7. The maximum absolute atomic E-state index is 11.4. The molecule has 0 radical (unpaired) electrons. The van der Waals surface area contributed by atoms with Crippen molar-refractivity contribution in [1.82, 2.24) is 34.1 Å². The molecule has 0 unspecified atom stereocenters. The molecule has 0 spiro atoms. The summed E-state index contributed by atoms with van der Waals surface area (Å²) in [6.07, 6.45) is 6.31. The number of hydrogen-bond donors (Lipinski definition) is 3. The molecule has 0 saturated heterocycles. The number of nitrogens with two attached hydrogens (primary N) is 1. The molecule has 4 N–H and O–H groups in total. The van der Waals surface area contributed by atoms with Crippen molar-refractivity contribution in [3.05, 3.63) is 57.9 Å². The highest BCUT2D eigenvalue weighted by Crippen LogP contribution is 1.91. The second kappa shape index (κ2) is 8.43. The first-order chi connectivity index (χ1) is 11.0. The van der Waals surface area contributed by atoms with Crippen LogP contribution in [0.5, 0.6) is 0 Å². The van der Waals surface area contributed by atoms with Gasteiger partial charge in [0.1, 0.15) is 0 Å². The molecule has 0 aromatic carbocycles. The molecule has 3 rings (SSSR count). The normalized spacial score (nSPS) is 9.54. The van der Waals surface area contributed by atoms with Crippen molar-refractivity contribution in [2.45, 2.75) is 13.5 Å². The lowest BCUT2D eigenvalue weighted by Gasteiger charge is -2.01. The number of nitrogens with zero attached hydrogens (tertiary/aromatic N) is 6. The highest BCUT2D eigenvalue weighted by Gasteiger charge is 2.05. The SMILES string of the molecule is CCn1c(=O)nc(-n2cccn2)[nH]c1=O.Cl.N=C(N)n1cccn1. The molecule has 11 nitrogen and oxygen atoms in total. The minimum atomic E-state index is -0.577. The highest BCUT2D eigenvalue weighted by atomic mass is 35.5. The largest absolute Gasteiger partial charge is 0.368 e. The van der Waals surface area contributed by atoms with E-state index in [1.807, 2.05) is 0 Å². The molecule has 12 heteroatoms. The van der Waals surface area contributed by atoms with Gasteiger partial charge < -0.3 is 5.73 Å². The van der Waals surface area contributed by atoms with Gasteiger partial charge in [-0.3, -0.25) is 10.4 Å². The van der Waals surface area contributed by atoms with E-state index in [0.29, 0.717) is 6.54 Å². The van der Waals surface area contributed by atoms with E-state index in [4.69, 9.17) is 11.1 Å². The van der Waals surface area contributed by atoms with Crippen LogP contribution in [0.2, 0.25) is 0 Å². The van der Waals surface area contributed by atoms with Crippen LogP contribution in [0.3, 0.4) is 0 Å². The Labute approximate surface area is 141 Å². The van der Waals surface area contributed by atoms with Gasteiger partial charge in [0.2, 0.25) is 11.9 Å². The first-order valence-electron chi connectivity index (χ1n) is 6.58. The van der Waals surface area contributed by atoms with Gasteiger partial charge in [-0.05, 0) is 19.1 Å². The average molecular weight is 354 g/mol. The van der Waals surface area contributed by atoms with Crippen LogP contribution in [-0.2, 0) is 6.54 Å². The van der Waals surface area contributed by atoms with Crippen LogP contribution >= 0.6 is 12.4 Å². The van der Waals surface area contributed by atoms with Gasteiger partial charge in [0, 0.05) is 31.3 Å². The summed E-state index contributed by atoms with van der Waals surface area (Å²) in [5.74, 6) is 0.0645. The van der Waals surface area contributed by atoms with Gasteiger partial charge in [0.15, 0.2) is 0 Å². The second-order valence-corrected chi connectivity index (χ2v) is 4.18. The van der Waals surface area contributed by atoms with E-state index in [-0.39, 0.29) is 24.3 Å². The molecule has 128 valence electrons. The standard InChI is InChI=1S/C8H9N5O2.C4H6N4.ClH/c1-2-12-7(14)10-6(11-8(12)15)13-5-3-4-9-13;5-4(6)8-3-1-2-7-8;/h3-5H,2H2,1H3,(H,10,11,14,15);1-3H,(H3,5,6);1H. The fourth-order valence-electron chi connectivity index (χ4n) is 1.62. The quantitative estimate of drug-likeness (QED) is 0.404. The third-order valence-electron chi connectivity index (χ3n) is 2.69. The van der Waals surface area contributed by atoms with Gasteiger partial charge >= 0.3 is 11.4 Å². The van der Waals surface area contributed by atoms with E-state index in [0.717, 1.165) is 4.57 Å². The fraction of sp³-hybridized carbons (Fsp3) is 0.167. The molecule has 0 aliphatic heterocycles. The first kappa shape index (κ1) is 18.8. The Morgan fingerprint density at radius 2 is 1.92 bits per heavy atom. The Bertz CT molecular complexity index is 849. The van der Waals surface area contributed by atoms with Gasteiger partial charge in [-0.1, -0.05) is 0 Å². The maximum atomic E-state index is 11.4. The van der Waals surface area contributed by atoms with Gasteiger partial charge in [-0.2, -0.15) is 15.2 Å². The number of aromatic nitrogens is 7. The molecule has 0 bridgehead atoms. The molecule has 0 fully saturated rings. The Morgan fingerprint density at radius 3 is 2.33 bits per heavy atom. The maximum Gasteiger partial charge on any atom is 0.354 e. The summed E-state index contributed by atoms with van der Waals surface area (Å²) in [6.45, 7) is 1.99. The summed E-state index contributed by atoms with van der Waals surface area (Å²) in [5.41, 5.74) is 3.98. The van der Waals surface area contributed by atoms with Crippen LogP contribution in [0, 0.1) is 5.41 Å². The van der Waals surface area contributed by atoms with E-state index in [2.05, 4.69) is 20.2 Å². The number of H-pyrrole nitrogens is 1. The third kappa shape index (κ3) is 4.39. The van der Waals surface area contributed by atoms with Crippen LogP contribution in [0.25, 0.3) is 5.95 Å². The van der Waals surface area contributed by atoms with Gasteiger partial charge in [-0.25, -0.2) is 23.5 Å². The third-order valence-corrected chi connectivity index (χ3v) is 2.69. The fourth-order valence-corrected chi connectivity index (χ4v) is 1.62. The first-order valence-corrected chi connectivity index (χ1v) is 6.58. The smallest absolute Gasteiger partial charge is 0.354 e. The van der Waals surface area contributed by atoms with E-state index in [1.54, 1.807) is 37.6 Å². The molecule has 0 aliphatic rings. The Morgan fingerprint density at radius 1 is 1.25 bits per heavy atom. The Kier molecular flexibility index (Phi) is 6.62. The lowest BCUT2D eigenvalue weighted by Crippen LogP contribution is -2.37. The molecule has 0 aliphatic carbocycles. The predicted molar refractivity (Wildman–Crippen MR) is 88.7 cm³/mol. The summed E-state index contributed by atoms with van der Waals surface area (Å²) in [5, 5.41) is 14.4. The Hall–Kier alpha value is -3.21. The monoisotopic (exact) mass is 353 g/mol. The summed E-state index contributed by atoms with van der Waals surface area (Å²) in [7, 11) is 0. The number of aromatic amines is 1. The van der Waals surface area contributed by atoms with E-state index < -0.39 is 11.4 Å². The number of nitrogens with one attached hydrogen (secondary N) is 2. The number of rotatable bonds is 2.